The maximum absolute atomic E-state index is 12.8. The molecular weight excluding hydrogens is 354 g/mol. The van der Waals surface area contributed by atoms with E-state index in [0.29, 0.717) is 0 Å². The SMILES string of the molecule is NCc1cc(OC(F)(F)F)nc(S(=O)(=O)Cl)c1C(F)(F)F. The third kappa shape index (κ3) is 4.61. The number of hydrogen-bond donors (Lipinski definition) is 1. The van der Waals surface area contributed by atoms with Gasteiger partial charge in [-0.05, 0) is 5.56 Å². The number of hydrogen-bond acceptors (Lipinski definition) is 5. The van der Waals surface area contributed by atoms with Gasteiger partial charge >= 0.3 is 12.5 Å². The Morgan fingerprint density at radius 3 is 2.10 bits per heavy atom. The van der Waals surface area contributed by atoms with Crippen LogP contribution in [0.1, 0.15) is 11.1 Å². The molecule has 0 aliphatic heterocycles. The quantitative estimate of drug-likeness (QED) is 0.662. The highest BCUT2D eigenvalue weighted by atomic mass is 35.7. The Bertz CT molecular complexity index is 643. The molecule has 21 heavy (non-hydrogen) atoms. The summed E-state index contributed by atoms with van der Waals surface area (Å²) in [6, 6.07) is 0.238. The topological polar surface area (TPSA) is 82.3 Å². The summed E-state index contributed by atoms with van der Waals surface area (Å²) in [5.74, 6) is -1.42. The van der Waals surface area contributed by atoms with Crippen LogP contribution in [0.2, 0.25) is 0 Å². The maximum Gasteiger partial charge on any atom is 0.574 e. The van der Waals surface area contributed by atoms with E-state index in [2.05, 4.69) is 9.72 Å². The number of halogens is 7. The molecule has 120 valence electrons. The Labute approximate surface area is 118 Å². The molecule has 0 saturated heterocycles. The van der Waals surface area contributed by atoms with Crippen molar-refractivity contribution in [2.45, 2.75) is 24.1 Å². The second-order valence-electron chi connectivity index (χ2n) is 3.49. The van der Waals surface area contributed by atoms with Gasteiger partial charge in [-0.2, -0.15) is 18.2 Å². The van der Waals surface area contributed by atoms with Gasteiger partial charge in [0.2, 0.25) is 5.88 Å². The lowest BCUT2D eigenvalue weighted by atomic mass is 10.1. The molecule has 0 aromatic carbocycles. The molecule has 0 aliphatic carbocycles. The van der Waals surface area contributed by atoms with Crippen molar-refractivity contribution in [2.24, 2.45) is 5.73 Å². The fourth-order valence-electron chi connectivity index (χ4n) is 1.36. The van der Waals surface area contributed by atoms with Crippen molar-refractivity contribution in [1.29, 1.82) is 0 Å². The summed E-state index contributed by atoms with van der Waals surface area (Å²) in [5.41, 5.74) is 2.19. The van der Waals surface area contributed by atoms with Crippen LogP contribution in [0.15, 0.2) is 11.1 Å². The minimum absolute atomic E-state index is 0.238. The van der Waals surface area contributed by atoms with Crippen LogP contribution in [0, 0.1) is 0 Å². The van der Waals surface area contributed by atoms with Crippen LogP contribution in [-0.2, 0) is 21.8 Å². The lowest BCUT2D eigenvalue weighted by Crippen LogP contribution is -2.22. The van der Waals surface area contributed by atoms with E-state index in [-0.39, 0.29) is 6.07 Å². The summed E-state index contributed by atoms with van der Waals surface area (Å²) in [4.78, 5) is 2.67. The predicted octanol–water partition coefficient (Wildman–Crippen LogP) is 2.39. The predicted molar refractivity (Wildman–Crippen MR) is 56.9 cm³/mol. The van der Waals surface area contributed by atoms with E-state index < -0.39 is 50.2 Å². The molecule has 0 atom stereocenters. The average Bonchev–Trinajstić information content (AvgIpc) is 2.22. The van der Waals surface area contributed by atoms with E-state index in [1.165, 1.54) is 0 Å². The first-order valence-electron chi connectivity index (χ1n) is 4.77. The van der Waals surface area contributed by atoms with Gasteiger partial charge in [-0.25, -0.2) is 8.42 Å². The van der Waals surface area contributed by atoms with Crippen LogP contribution in [-0.4, -0.2) is 19.8 Å². The molecule has 1 aromatic rings. The molecule has 5 nitrogen and oxygen atoms in total. The van der Waals surface area contributed by atoms with Crippen molar-refractivity contribution in [3.05, 3.63) is 17.2 Å². The molecule has 1 rings (SSSR count). The van der Waals surface area contributed by atoms with Crippen molar-refractivity contribution < 1.29 is 39.5 Å². The number of nitrogens with two attached hydrogens (primary N) is 1. The van der Waals surface area contributed by atoms with Gasteiger partial charge < -0.3 is 10.5 Å². The Hall–Kier alpha value is -1.27. The van der Waals surface area contributed by atoms with Crippen LogP contribution >= 0.6 is 10.7 Å². The smallest absolute Gasteiger partial charge is 0.388 e. The fraction of sp³-hybridized carbons (Fsp3) is 0.375. The summed E-state index contributed by atoms with van der Waals surface area (Å²) >= 11 is 0. The lowest BCUT2D eigenvalue weighted by Gasteiger charge is -2.16. The monoisotopic (exact) mass is 358 g/mol. The van der Waals surface area contributed by atoms with Gasteiger partial charge in [0.15, 0.2) is 5.03 Å². The van der Waals surface area contributed by atoms with Gasteiger partial charge in [0.25, 0.3) is 9.05 Å². The Morgan fingerprint density at radius 1 is 1.24 bits per heavy atom. The summed E-state index contributed by atoms with van der Waals surface area (Å²) in [7, 11) is -0.315. The van der Waals surface area contributed by atoms with Gasteiger partial charge in [-0.3, -0.25) is 0 Å². The van der Waals surface area contributed by atoms with E-state index in [4.69, 9.17) is 16.4 Å². The normalized spacial score (nSPS) is 13.3. The van der Waals surface area contributed by atoms with E-state index in [1.807, 2.05) is 0 Å². The molecular formula is C8H5ClF6N2O3S. The van der Waals surface area contributed by atoms with Gasteiger partial charge in [0.05, 0.1) is 5.56 Å². The summed E-state index contributed by atoms with van der Waals surface area (Å²) in [6.45, 7) is -0.912. The molecule has 0 radical (unpaired) electrons. The first-order valence-corrected chi connectivity index (χ1v) is 7.08. The van der Waals surface area contributed by atoms with E-state index in [1.54, 1.807) is 0 Å². The lowest BCUT2D eigenvalue weighted by molar-refractivity contribution is -0.276. The summed E-state index contributed by atoms with van der Waals surface area (Å²) in [5, 5.41) is -1.81. The largest absolute Gasteiger partial charge is 0.574 e. The van der Waals surface area contributed by atoms with Crippen molar-refractivity contribution >= 4 is 19.7 Å². The van der Waals surface area contributed by atoms with Crippen molar-refractivity contribution in [3.8, 4) is 5.88 Å². The van der Waals surface area contributed by atoms with Crippen molar-refractivity contribution in [2.75, 3.05) is 0 Å². The van der Waals surface area contributed by atoms with Crippen molar-refractivity contribution in [3.63, 3.8) is 0 Å². The van der Waals surface area contributed by atoms with Crippen LogP contribution in [0.25, 0.3) is 0 Å². The molecule has 2 N–H and O–H groups in total. The zero-order valence-electron chi connectivity index (χ0n) is 9.59. The molecule has 0 unspecified atom stereocenters. The molecule has 1 aromatic heterocycles. The van der Waals surface area contributed by atoms with Crippen molar-refractivity contribution in [1.82, 2.24) is 4.98 Å². The second kappa shape index (κ2) is 5.50. The highest BCUT2D eigenvalue weighted by Crippen LogP contribution is 2.39. The third-order valence-electron chi connectivity index (χ3n) is 2.00. The molecule has 1 heterocycles. The molecule has 0 aliphatic rings. The molecule has 0 spiro atoms. The van der Waals surface area contributed by atoms with Crippen LogP contribution in [0.4, 0.5) is 26.3 Å². The second-order valence-corrected chi connectivity index (χ2v) is 5.97. The Morgan fingerprint density at radius 2 is 1.76 bits per heavy atom. The summed E-state index contributed by atoms with van der Waals surface area (Å²) in [6.07, 6.45) is -10.5. The first kappa shape index (κ1) is 17.8. The number of nitrogens with zero attached hydrogens (tertiary/aromatic N) is 1. The van der Waals surface area contributed by atoms with Crippen LogP contribution in [0.3, 0.4) is 0 Å². The maximum atomic E-state index is 12.8. The van der Waals surface area contributed by atoms with Gasteiger partial charge in [-0.1, -0.05) is 0 Å². The number of ether oxygens (including phenoxy) is 1. The van der Waals surface area contributed by atoms with E-state index >= 15 is 0 Å². The Balaban J connectivity index is 3.67. The van der Waals surface area contributed by atoms with Gasteiger partial charge in [-0.15, -0.1) is 13.2 Å². The van der Waals surface area contributed by atoms with Crippen LogP contribution < -0.4 is 10.5 Å². The first-order chi connectivity index (χ1) is 9.25. The number of pyridine rings is 1. The zero-order chi connectivity index (χ0) is 16.6. The Kier molecular flexibility index (Phi) is 4.65. The number of alkyl halides is 6. The number of aromatic nitrogens is 1. The average molecular weight is 359 g/mol. The minimum Gasteiger partial charge on any atom is -0.388 e. The molecule has 0 bridgehead atoms. The molecule has 13 heteroatoms. The molecule has 0 saturated carbocycles. The van der Waals surface area contributed by atoms with E-state index in [0.717, 1.165) is 0 Å². The minimum atomic E-state index is -5.29. The van der Waals surface area contributed by atoms with E-state index in [9.17, 15) is 34.8 Å². The fourth-order valence-corrected chi connectivity index (χ4v) is 2.38. The summed E-state index contributed by atoms with van der Waals surface area (Å²) < 4.78 is 100. The van der Waals surface area contributed by atoms with Gasteiger partial charge in [0, 0.05) is 23.3 Å². The third-order valence-corrected chi connectivity index (χ3v) is 3.19. The molecule has 0 amide bonds. The highest BCUT2D eigenvalue weighted by Gasteiger charge is 2.42. The van der Waals surface area contributed by atoms with Crippen LogP contribution in [0.5, 0.6) is 5.88 Å². The standard InChI is InChI=1S/C8H5ClF6N2O3S/c9-21(18,19)6-5(7(10,11)12)3(2-16)1-4(17-6)20-8(13,14)15/h1H,2,16H2. The highest BCUT2D eigenvalue weighted by molar-refractivity contribution is 8.13. The number of rotatable bonds is 3. The molecule has 0 fully saturated rings. The van der Waals surface area contributed by atoms with Gasteiger partial charge in [0.1, 0.15) is 0 Å². The zero-order valence-corrected chi connectivity index (χ0v) is 11.2.